The molecule has 1 unspecified atom stereocenters. The lowest BCUT2D eigenvalue weighted by atomic mass is 9.99. The molecule has 0 saturated carbocycles. The number of carbonyl (C=O) groups is 2. The first-order valence-corrected chi connectivity index (χ1v) is 8.11. The van der Waals surface area contributed by atoms with E-state index in [0.717, 1.165) is 0 Å². The number of aliphatic carboxylic acids is 1. The molecule has 0 aromatic heterocycles. The Labute approximate surface area is 104 Å². The fourth-order valence-corrected chi connectivity index (χ4v) is 3.49. The molecule has 8 heteroatoms. The molecule has 1 heterocycles. The van der Waals surface area contributed by atoms with Crippen LogP contribution in [0.15, 0.2) is 0 Å². The second-order valence-electron chi connectivity index (χ2n) is 3.91. The van der Waals surface area contributed by atoms with Crippen molar-refractivity contribution < 1.29 is 23.1 Å². The van der Waals surface area contributed by atoms with Crippen molar-refractivity contribution in [2.75, 3.05) is 23.0 Å². The maximum Gasteiger partial charge on any atom is 0.330 e. The highest BCUT2D eigenvalue weighted by atomic mass is 32.2. The number of thioether (sulfide) groups is 1. The van der Waals surface area contributed by atoms with Gasteiger partial charge in [0.05, 0.1) is 0 Å². The van der Waals surface area contributed by atoms with Gasteiger partial charge in [-0.1, -0.05) is 6.92 Å². The van der Waals surface area contributed by atoms with Gasteiger partial charge in [-0.15, -0.1) is 0 Å². The molecule has 2 N–H and O–H groups in total. The monoisotopic (exact) mass is 281 g/mol. The summed E-state index contributed by atoms with van der Waals surface area (Å²) in [5.41, 5.74) is -1.30. The van der Waals surface area contributed by atoms with Gasteiger partial charge in [-0.25, -0.2) is 13.2 Å². The summed E-state index contributed by atoms with van der Waals surface area (Å²) in [6.45, 7) is 1.45. The van der Waals surface area contributed by atoms with Crippen molar-refractivity contribution in [1.29, 1.82) is 0 Å². The average Bonchev–Trinajstić information content (AvgIpc) is 2.66. The van der Waals surface area contributed by atoms with Crippen LogP contribution in [0.2, 0.25) is 0 Å². The minimum absolute atomic E-state index is 0.130. The highest BCUT2D eigenvalue weighted by Crippen LogP contribution is 2.28. The number of hydrogen-bond donors (Lipinski definition) is 2. The number of carboxylic acid groups (broad SMARTS) is 1. The SMILES string of the molecule is CCS(=O)(=O)CC(=O)NC1(C(=O)O)CCSC1. The molecule has 1 amide bonds. The molecule has 0 radical (unpaired) electrons. The second-order valence-corrected chi connectivity index (χ2v) is 7.37. The van der Waals surface area contributed by atoms with Gasteiger partial charge in [0.25, 0.3) is 0 Å². The quantitative estimate of drug-likeness (QED) is 0.704. The molecule has 1 atom stereocenters. The first-order chi connectivity index (χ1) is 7.81. The summed E-state index contributed by atoms with van der Waals surface area (Å²) in [5.74, 6) is -1.70. The molecule has 98 valence electrons. The summed E-state index contributed by atoms with van der Waals surface area (Å²) in [4.78, 5) is 22.6. The summed E-state index contributed by atoms with van der Waals surface area (Å²) in [5, 5.41) is 11.4. The number of rotatable bonds is 5. The Kier molecular flexibility index (Phi) is 4.42. The molecular formula is C9H15NO5S2. The van der Waals surface area contributed by atoms with Gasteiger partial charge in [0.2, 0.25) is 5.91 Å². The molecule has 6 nitrogen and oxygen atoms in total. The summed E-state index contributed by atoms with van der Waals surface area (Å²) in [6.07, 6.45) is 0.324. The Morgan fingerprint density at radius 1 is 1.47 bits per heavy atom. The third-order valence-electron chi connectivity index (χ3n) is 2.60. The van der Waals surface area contributed by atoms with Gasteiger partial charge < -0.3 is 10.4 Å². The van der Waals surface area contributed by atoms with Crippen molar-refractivity contribution in [3.05, 3.63) is 0 Å². The summed E-state index contributed by atoms with van der Waals surface area (Å²) in [6, 6.07) is 0. The molecule has 17 heavy (non-hydrogen) atoms. The number of carboxylic acids is 1. The van der Waals surface area contributed by atoms with E-state index in [0.29, 0.717) is 12.2 Å². The molecule has 1 aliphatic heterocycles. The lowest BCUT2D eigenvalue weighted by Gasteiger charge is -2.24. The van der Waals surface area contributed by atoms with E-state index in [1.54, 1.807) is 0 Å². The predicted molar refractivity (Wildman–Crippen MR) is 64.8 cm³/mol. The van der Waals surface area contributed by atoms with Crippen LogP contribution in [-0.2, 0) is 19.4 Å². The highest BCUT2D eigenvalue weighted by molar-refractivity contribution is 7.99. The minimum atomic E-state index is -3.42. The molecule has 1 rings (SSSR count). The standard InChI is InChI=1S/C9H15NO5S2/c1-2-17(14,15)5-7(11)10-9(8(12)13)3-4-16-6-9/h2-6H2,1H3,(H,10,11)(H,12,13). The van der Waals surface area contributed by atoms with Crippen LogP contribution in [0, 0.1) is 0 Å². The van der Waals surface area contributed by atoms with Gasteiger partial charge in [-0.2, -0.15) is 11.8 Å². The first kappa shape index (κ1) is 14.3. The van der Waals surface area contributed by atoms with Crippen LogP contribution in [0.3, 0.4) is 0 Å². The zero-order valence-electron chi connectivity index (χ0n) is 9.43. The molecule has 1 aliphatic rings. The molecular weight excluding hydrogens is 266 g/mol. The molecule has 1 saturated heterocycles. The van der Waals surface area contributed by atoms with E-state index in [-0.39, 0.29) is 11.5 Å². The van der Waals surface area contributed by atoms with Crippen LogP contribution >= 0.6 is 11.8 Å². The third kappa shape index (κ3) is 3.60. The predicted octanol–water partition coefficient (Wildman–Crippen LogP) is -0.502. The number of nitrogens with one attached hydrogen (secondary N) is 1. The molecule has 0 aromatic rings. The number of carbonyl (C=O) groups excluding carboxylic acids is 1. The Morgan fingerprint density at radius 3 is 2.53 bits per heavy atom. The van der Waals surface area contributed by atoms with Gasteiger partial charge in [0.15, 0.2) is 9.84 Å². The van der Waals surface area contributed by atoms with Crippen molar-refractivity contribution in [3.63, 3.8) is 0 Å². The maximum absolute atomic E-state index is 11.5. The lowest BCUT2D eigenvalue weighted by molar-refractivity contribution is -0.146. The van der Waals surface area contributed by atoms with Crippen molar-refractivity contribution in [2.45, 2.75) is 18.9 Å². The number of amides is 1. The Hall–Kier alpha value is -0.760. The molecule has 0 bridgehead atoms. The van der Waals surface area contributed by atoms with E-state index in [1.165, 1.54) is 18.7 Å². The average molecular weight is 281 g/mol. The lowest BCUT2D eigenvalue weighted by Crippen LogP contribution is -2.56. The number of hydrogen-bond acceptors (Lipinski definition) is 5. The van der Waals surface area contributed by atoms with Crippen LogP contribution in [0.4, 0.5) is 0 Å². The van der Waals surface area contributed by atoms with E-state index in [4.69, 9.17) is 5.11 Å². The van der Waals surface area contributed by atoms with E-state index in [2.05, 4.69) is 5.32 Å². The Balaban J connectivity index is 2.70. The highest BCUT2D eigenvalue weighted by Gasteiger charge is 2.43. The van der Waals surface area contributed by atoms with E-state index < -0.39 is 33.0 Å². The van der Waals surface area contributed by atoms with Crippen molar-refractivity contribution in [1.82, 2.24) is 5.32 Å². The van der Waals surface area contributed by atoms with Crippen molar-refractivity contribution in [2.24, 2.45) is 0 Å². The van der Waals surface area contributed by atoms with Crippen LogP contribution in [0.1, 0.15) is 13.3 Å². The summed E-state index contributed by atoms with van der Waals surface area (Å²) in [7, 11) is -3.42. The van der Waals surface area contributed by atoms with Crippen molar-refractivity contribution >= 4 is 33.5 Å². The largest absolute Gasteiger partial charge is 0.479 e. The molecule has 0 spiro atoms. The van der Waals surface area contributed by atoms with Crippen LogP contribution < -0.4 is 5.32 Å². The van der Waals surface area contributed by atoms with Gasteiger partial charge in [0, 0.05) is 11.5 Å². The van der Waals surface area contributed by atoms with Crippen LogP contribution in [-0.4, -0.2) is 54.0 Å². The van der Waals surface area contributed by atoms with Crippen LogP contribution in [0.5, 0.6) is 0 Å². The van der Waals surface area contributed by atoms with E-state index in [1.807, 2.05) is 0 Å². The molecule has 1 fully saturated rings. The van der Waals surface area contributed by atoms with Gasteiger partial charge >= 0.3 is 5.97 Å². The fourth-order valence-electron chi connectivity index (χ4n) is 1.49. The van der Waals surface area contributed by atoms with Gasteiger partial charge in [-0.3, -0.25) is 4.79 Å². The fraction of sp³-hybridized carbons (Fsp3) is 0.778. The first-order valence-electron chi connectivity index (χ1n) is 5.14. The smallest absolute Gasteiger partial charge is 0.330 e. The zero-order chi connectivity index (χ0) is 13.1. The zero-order valence-corrected chi connectivity index (χ0v) is 11.1. The summed E-state index contributed by atoms with van der Waals surface area (Å²) >= 11 is 1.43. The normalized spacial score (nSPS) is 24.5. The Morgan fingerprint density at radius 2 is 2.12 bits per heavy atom. The minimum Gasteiger partial charge on any atom is -0.479 e. The third-order valence-corrected chi connectivity index (χ3v) is 5.37. The van der Waals surface area contributed by atoms with Gasteiger partial charge in [-0.05, 0) is 12.2 Å². The van der Waals surface area contributed by atoms with Crippen LogP contribution in [0.25, 0.3) is 0 Å². The Bertz CT molecular complexity index is 411. The maximum atomic E-state index is 11.5. The molecule has 0 aromatic carbocycles. The second kappa shape index (κ2) is 5.26. The van der Waals surface area contributed by atoms with E-state index >= 15 is 0 Å². The topological polar surface area (TPSA) is 101 Å². The molecule has 0 aliphatic carbocycles. The van der Waals surface area contributed by atoms with E-state index in [9.17, 15) is 18.0 Å². The van der Waals surface area contributed by atoms with Gasteiger partial charge in [0.1, 0.15) is 11.3 Å². The number of sulfone groups is 1. The summed E-state index contributed by atoms with van der Waals surface area (Å²) < 4.78 is 22.5. The van der Waals surface area contributed by atoms with Crippen molar-refractivity contribution in [3.8, 4) is 0 Å².